The Hall–Kier alpha value is -2.98. The zero-order valence-electron chi connectivity index (χ0n) is 23.3. The fourth-order valence-corrected chi connectivity index (χ4v) is 5.99. The van der Waals surface area contributed by atoms with Gasteiger partial charge in [-0.1, -0.05) is 44.2 Å². The molecule has 3 aliphatic rings. The minimum atomic E-state index is -0.626. The normalized spacial score (nSPS) is 28.0. The highest BCUT2D eigenvalue weighted by Gasteiger charge is 2.39. The molecule has 2 amide bonds. The number of nitrogens with one attached hydrogen (secondary N) is 2. The molecule has 2 aromatic carbocycles. The van der Waals surface area contributed by atoms with Crippen molar-refractivity contribution in [1.82, 2.24) is 15.5 Å². The molecule has 5 rings (SSSR count). The van der Waals surface area contributed by atoms with Crippen molar-refractivity contribution < 1.29 is 29.3 Å². The number of nitrogens with zero attached hydrogens (tertiary/aromatic N) is 1. The van der Waals surface area contributed by atoms with E-state index in [0.717, 1.165) is 23.2 Å². The van der Waals surface area contributed by atoms with Crippen LogP contribution in [0.1, 0.15) is 55.5 Å². The molecule has 0 spiro atoms. The maximum Gasteiger partial charge on any atom is 0.255 e. The summed E-state index contributed by atoms with van der Waals surface area (Å²) in [7, 11) is 0. The Morgan fingerprint density at radius 2 is 1.82 bits per heavy atom. The summed E-state index contributed by atoms with van der Waals surface area (Å²) in [5, 5.41) is 26.1. The Morgan fingerprint density at radius 3 is 2.58 bits per heavy atom. The number of ether oxygens (including phenoxy) is 2. The standard InChI is InChI=1S/C31H41N3O6/c1-19(2)16-34-17-23-14-26(34)31(38)32-15-29-27(36)10-8-24(40-29)11-12-39-28-13-22(7-9-25(28)30(37)33-23)21-5-3-20(18-35)4-6-21/h3-7,9,13,19,23-24,26-27,29,35-36H,8,10-12,14-18H2,1-2H3,(H,32,38)(H,33,37)/t23-,24-,26-,27-,29+/m0/s1. The minimum Gasteiger partial charge on any atom is -0.493 e. The van der Waals surface area contributed by atoms with Crippen LogP contribution in [0.4, 0.5) is 0 Å². The highest BCUT2D eigenvalue weighted by molar-refractivity contribution is 5.98. The molecule has 4 N–H and O–H groups in total. The molecule has 0 unspecified atom stereocenters. The van der Waals surface area contributed by atoms with Crippen LogP contribution in [-0.4, -0.2) is 83.6 Å². The van der Waals surface area contributed by atoms with E-state index in [4.69, 9.17) is 9.47 Å². The van der Waals surface area contributed by atoms with Gasteiger partial charge in [0.1, 0.15) is 11.9 Å². The number of hydrogen-bond acceptors (Lipinski definition) is 7. The van der Waals surface area contributed by atoms with E-state index in [1.54, 1.807) is 6.07 Å². The molecule has 3 heterocycles. The Labute approximate surface area is 235 Å². The second-order valence-electron chi connectivity index (χ2n) is 11.7. The Morgan fingerprint density at radius 1 is 1.05 bits per heavy atom. The molecular weight excluding hydrogens is 510 g/mol. The van der Waals surface area contributed by atoms with Crippen LogP contribution in [0.2, 0.25) is 0 Å². The van der Waals surface area contributed by atoms with Gasteiger partial charge < -0.3 is 30.3 Å². The summed E-state index contributed by atoms with van der Waals surface area (Å²) in [5.41, 5.74) is 3.14. The fourth-order valence-electron chi connectivity index (χ4n) is 5.99. The topological polar surface area (TPSA) is 120 Å². The van der Waals surface area contributed by atoms with E-state index in [9.17, 15) is 19.8 Å². The third-order valence-electron chi connectivity index (χ3n) is 8.09. The van der Waals surface area contributed by atoms with Crippen molar-refractivity contribution in [1.29, 1.82) is 0 Å². The van der Waals surface area contributed by atoms with Gasteiger partial charge in [0.15, 0.2) is 0 Å². The second-order valence-corrected chi connectivity index (χ2v) is 11.7. The summed E-state index contributed by atoms with van der Waals surface area (Å²) >= 11 is 0. The Kier molecular flexibility index (Phi) is 9.05. The summed E-state index contributed by atoms with van der Waals surface area (Å²) in [4.78, 5) is 29.0. The molecule has 0 aromatic heterocycles. The first kappa shape index (κ1) is 28.5. The van der Waals surface area contributed by atoms with Crippen LogP contribution >= 0.6 is 0 Å². The summed E-state index contributed by atoms with van der Waals surface area (Å²) < 4.78 is 12.4. The van der Waals surface area contributed by atoms with Crippen molar-refractivity contribution in [3.8, 4) is 16.9 Å². The molecule has 40 heavy (non-hydrogen) atoms. The van der Waals surface area contributed by atoms with Gasteiger partial charge in [0.25, 0.3) is 5.91 Å². The van der Waals surface area contributed by atoms with E-state index >= 15 is 0 Å². The molecular formula is C31H41N3O6. The molecule has 9 heteroatoms. The fraction of sp³-hybridized carbons (Fsp3) is 0.548. The van der Waals surface area contributed by atoms with E-state index in [0.29, 0.717) is 56.1 Å². The van der Waals surface area contributed by atoms with Gasteiger partial charge in [0.05, 0.1) is 37.0 Å². The lowest BCUT2D eigenvalue weighted by Crippen LogP contribution is -2.50. The van der Waals surface area contributed by atoms with Gasteiger partial charge in [-0.2, -0.15) is 0 Å². The summed E-state index contributed by atoms with van der Waals surface area (Å²) in [5.74, 6) is 0.536. The van der Waals surface area contributed by atoms with Gasteiger partial charge in [-0.05, 0) is 54.0 Å². The SMILES string of the molecule is CC(C)CN1C[C@@H]2C[C@H]1C(=O)NC[C@H]1O[C@H](CCOc3cc(-c4ccc(CO)cc4)ccc3C(=O)N2)CC[C@@H]1O. The average molecular weight is 552 g/mol. The van der Waals surface area contributed by atoms with E-state index in [-0.39, 0.29) is 43.2 Å². The molecule has 2 fully saturated rings. The first-order valence-electron chi connectivity index (χ1n) is 14.4. The van der Waals surface area contributed by atoms with E-state index in [1.165, 1.54) is 0 Å². The van der Waals surface area contributed by atoms with Crippen molar-refractivity contribution in [3.63, 3.8) is 0 Å². The quantitative estimate of drug-likeness (QED) is 0.461. The molecule has 0 aliphatic carbocycles. The highest BCUT2D eigenvalue weighted by atomic mass is 16.5. The highest BCUT2D eigenvalue weighted by Crippen LogP contribution is 2.30. The first-order chi connectivity index (χ1) is 19.3. The zero-order valence-corrected chi connectivity index (χ0v) is 23.3. The summed E-state index contributed by atoms with van der Waals surface area (Å²) in [6.07, 6.45) is 1.20. The maximum absolute atomic E-state index is 13.5. The van der Waals surface area contributed by atoms with Crippen LogP contribution in [0.3, 0.4) is 0 Å². The molecule has 216 valence electrons. The maximum atomic E-state index is 13.5. The lowest BCUT2D eigenvalue weighted by Gasteiger charge is -2.34. The van der Waals surface area contributed by atoms with E-state index < -0.39 is 12.2 Å². The van der Waals surface area contributed by atoms with Crippen LogP contribution in [0, 0.1) is 5.92 Å². The molecule has 3 aliphatic heterocycles. The number of carbonyl (C=O) groups excluding carboxylic acids is 2. The molecule has 2 aromatic rings. The lowest BCUT2D eigenvalue weighted by atomic mass is 9.99. The predicted octanol–water partition coefficient (Wildman–Crippen LogP) is 2.48. The van der Waals surface area contributed by atoms with Crippen LogP contribution in [-0.2, 0) is 16.1 Å². The van der Waals surface area contributed by atoms with Crippen molar-refractivity contribution >= 4 is 11.8 Å². The number of amides is 2. The van der Waals surface area contributed by atoms with Gasteiger partial charge >= 0.3 is 0 Å². The molecule has 0 saturated carbocycles. The van der Waals surface area contributed by atoms with E-state index in [1.807, 2.05) is 36.4 Å². The van der Waals surface area contributed by atoms with Crippen LogP contribution in [0.25, 0.3) is 11.1 Å². The largest absolute Gasteiger partial charge is 0.493 e. The number of benzene rings is 2. The number of aliphatic hydroxyl groups excluding tert-OH is 2. The summed E-state index contributed by atoms with van der Waals surface area (Å²) in [6, 6.07) is 12.7. The number of likely N-dealkylation sites (tertiary alicyclic amines) is 1. The third kappa shape index (κ3) is 6.66. The van der Waals surface area contributed by atoms with Gasteiger partial charge in [-0.25, -0.2) is 0 Å². The number of rotatable bonds is 4. The van der Waals surface area contributed by atoms with Crippen molar-refractivity contribution in [3.05, 3.63) is 53.6 Å². The molecule has 9 nitrogen and oxygen atoms in total. The molecule has 2 saturated heterocycles. The number of hydrogen-bond donors (Lipinski definition) is 4. The number of aliphatic hydroxyl groups is 2. The monoisotopic (exact) mass is 551 g/mol. The van der Waals surface area contributed by atoms with Gasteiger partial charge in [-0.3, -0.25) is 14.5 Å². The minimum absolute atomic E-state index is 0.0207. The van der Waals surface area contributed by atoms with Crippen LogP contribution in [0.15, 0.2) is 42.5 Å². The molecule has 0 radical (unpaired) electrons. The number of carbonyl (C=O) groups is 2. The Bertz CT molecular complexity index is 1190. The zero-order chi connectivity index (χ0) is 28.2. The second kappa shape index (κ2) is 12.7. The molecule has 5 atom stereocenters. The van der Waals surface area contributed by atoms with Crippen molar-refractivity contribution in [2.24, 2.45) is 5.92 Å². The van der Waals surface area contributed by atoms with Crippen LogP contribution < -0.4 is 15.4 Å². The lowest BCUT2D eigenvalue weighted by molar-refractivity contribution is -0.133. The predicted molar refractivity (Wildman–Crippen MR) is 151 cm³/mol. The Balaban J connectivity index is 1.43. The van der Waals surface area contributed by atoms with Crippen LogP contribution in [0.5, 0.6) is 5.75 Å². The summed E-state index contributed by atoms with van der Waals surface area (Å²) in [6.45, 7) is 6.14. The first-order valence-corrected chi connectivity index (χ1v) is 14.4. The average Bonchev–Trinajstić information content (AvgIpc) is 3.33. The van der Waals surface area contributed by atoms with Gasteiger partial charge in [0.2, 0.25) is 5.91 Å². The van der Waals surface area contributed by atoms with Crippen molar-refractivity contribution in [2.45, 2.75) is 76.5 Å². The smallest absolute Gasteiger partial charge is 0.255 e. The van der Waals surface area contributed by atoms with Gasteiger partial charge in [0, 0.05) is 32.1 Å². The van der Waals surface area contributed by atoms with Gasteiger partial charge in [-0.15, -0.1) is 0 Å². The molecule has 4 bridgehead atoms. The number of fused-ring (bicyclic) bond motifs is 5. The van der Waals surface area contributed by atoms with Crippen molar-refractivity contribution in [2.75, 3.05) is 26.2 Å². The van der Waals surface area contributed by atoms with E-state index in [2.05, 4.69) is 29.4 Å². The third-order valence-corrected chi connectivity index (χ3v) is 8.09.